The maximum absolute atomic E-state index is 4.06. The molecule has 0 amide bonds. The molecule has 0 saturated heterocycles. The second kappa shape index (κ2) is 2.69. The standard InChI is InChI=1S/C8H12N2/c1-4-10-7(2)5-6-9-8(10)3/h5-6H,3-4H2,1-2H3. The van der Waals surface area contributed by atoms with Crippen LogP contribution >= 0.6 is 0 Å². The van der Waals surface area contributed by atoms with E-state index in [0.29, 0.717) is 0 Å². The third kappa shape index (κ3) is 1.10. The zero-order chi connectivity index (χ0) is 7.56. The van der Waals surface area contributed by atoms with Crippen LogP contribution in [0.2, 0.25) is 0 Å². The molecule has 0 fully saturated rings. The van der Waals surface area contributed by atoms with E-state index in [2.05, 4.69) is 30.3 Å². The smallest absolute Gasteiger partial charge is 0.125 e. The van der Waals surface area contributed by atoms with Gasteiger partial charge in [0.1, 0.15) is 5.82 Å². The van der Waals surface area contributed by atoms with Gasteiger partial charge in [-0.2, -0.15) is 0 Å². The van der Waals surface area contributed by atoms with Crippen LogP contribution in [0.15, 0.2) is 29.2 Å². The summed E-state index contributed by atoms with van der Waals surface area (Å²) in [6.07, 6.45) is 3.77. The number of nitrogens with zero attached hydrogens (tertiary/aromatic N) is 2. The largest absolute Gasteiger partial charge is 0.331 e. The van der Waals surface area contributed by atoms with Gasteiger partial charge in [0.15, 0.2) is 0 Å². The van der Waals surface area contributed by atoms with Crippen LogP contribution in [0.25, 0.3) is 0 Å². The maximum Gasteiger partial charge on any atom is 0.125 e. The Morgan fingerprint density at radius 3 is 2.80 bits per heavy atom. The van der Waals surface area contributed by atoms with Crippen LogP contribution in [0, 0.1) is 0 Å². The van der Waals surface area contributed by atoms with Crippen LogP contribution in [0.3, 0.4) is 0 Å². The molecule has 1 aliphatic rings. The van der Waals surface area contributed by atoms with E-state index in [1.165, 1.54) is 5.70 Å². The first-order chi connectivity index (χ1) is 4.75. The van der Waals surface area contributed by atoms with Crippen molar-refractivity contribution in [3.05, 3.63) is 24.2 Å². The van der Waals surface area contributed by atoms with Crippen molar-refractivity contribution in [2.24, 2.45) is 4.99 Å². The molecule has 0 radical (unpaired) electrons. The Bertz CT molecular complexity index is 201. The predicted molar refractivity (Wildman–Crippen MR) is 43.8 cm³/mol. The Kier molecular flexibility index (Phi) is 1.90. The first-order valence-corrected chi connectivity index (χ1v) is 3.43. The normalized spacial score (nSPS) is 17.6. The first-order valence-electron chi connectivity index (χ1n) is 3.43. The molecule has 54 valence electrons. The van der Waals surface area contributed by atoms with Gasteiger partial charge < -0.3 is 4.90 Å². The van der Waals surface area contributed by atoms with Gasteiger partial charge in [0.2, 0.25) is 0 Å². The van der Waals surface area contributed by atoms with Crippen molar-refractivity contribution in [3.8, 4) is 0 Å². The van der Waals surface area contributed by atoms with E-state index in [4.69, 9.17) is 0 Å². The van der Waals surface area contributed by atoms with E-state index in [-0.39, 0.29) is 0 Å². The predicted octanol–water partition coefficient (Wildman–Crippen LogP) is 1.77. The molecule has 0 saturated carbocycles. The second-order valence-corrected chi connectivity index (χ2v) is 2.25. The van der Waals surface area contributed by atoms with Crippen LogP contribution in [-0.2, 0) is 0 Å². The van der Waals surface area contributed by atoms with E-state index >= 15 is 0 Å². The van der Waals surface area contributed by atoms with Crippen LogP contribution in [0.4, 0.5) is 0 Å². The van der Waals surface area contributed by atoms with Crippen LogP contribution in [0.5, 0.6) is 0 Å². The van der Waals surface area contributed by atoms with Crippen molar-refractivity contribution in [2.45, 2.75) is 13.8 Å². The molecule has 1 aliphatic heterocycles. The third-order valence-corrected chi connectivity index (χ3v) is 1.59. The van der Waals surface area contributed by atoms with Gasteiger partial charge in [-0.3, -0.25) is 0 Å². The summed E-state index contributed by atoms with van der Waals surface area (Å²) < 4.78 is 0. The van der Waals surface area contributed by atoms with Gasteiger partial charge in [0.25, 0.3) is 0 Å². The number of rotatable bonds is 1. The van der Waals surface area contributed by atoms with Crippen molar-refractivity contribution in [1.29, 1.82) is 0 Å². The topological polar surface area (TPSA) is 15.6 Å². The van der Waals surface area contributed by atoms with Gasteiger partial charge in [0, 0.05) is 18.5 Å². The van der Waals surface area contributed by atoms with Gasteiger partial charge in [0.05, 0.1) is 0 Å². The van der Waals surface area contributed by atoms with Crippen LogP contribution in [0.1, 0.15) is 13.8 Å². The highest BCUT2D eigenvalue weighted by atomic mass is 15.2. The highest BCUT2D eigenvalue weighted by Crippen LogP contribution is 2.13. The summed E-state index contributed by atoms with van der Waals surface area (Å²) in [5.41, 5.74) is 1.21. The molecule has 0 aromatic rings. The average Bonchev–Trinajstić information content (AvgIpc) is 1.88. The summed E-state index contributed by atoms with van der Waals surface area (Å²) in [7, 11) is 0. The molecule has 0 unspecified atom stereocenters. The zero-order valence-electron chi connectivity index (χ0n) is 6.46. The van der Waals surface area contributed by atoms with E-state index in [9.17, 15) is 0 Å². The Balaban J connectivity index is 2.81. The van der Waals surface area contributed by atoms with E-state index in [0.717, 1.165) is 12.4 Å². The first kappa shape index (κ1) is 7.06. The molecule has 0 bridgehead atoms. The number of hydrogen-bond acceptors (Lipinski definition) is 2. The second-order valence-electron chi connectivity index (χ2n) is 2.25. The highest BCUT2D eigenvalue weighted by Gasteiger charge is 2.07. The summed E-state index contributed by atoms with van der Waals surface area (Å²) in [4.78, 5) is 6.13. The van der Waals surface area contributed by atoms with Gasteiger partial charge in [-0.05, 0) is 19.9 Å². The molecule has 0 aliphatic carbocycles. The minimum Gasteiger partial charge on any atom is -0.331 e. The number of hydrogen-bond donors (Lipinski definition) is 0. The quantitative estimate of drug-likeness (QED) is 0.536. The third-order valence-electron chi connectivity index (χ3n) is 1.59. The molecular weight excluding hydrogens is 124 g/mol. The molecule has 0 aromatic heterocycles. The molecule has 0 spiro atoms. The lowest BCUT2D eigenvalue weighted by molar-refractivity contribution is 0.446. The minimum atomic E-state index is 0.836. The number of aliphatic imine (C=N–C) groups is 1. The summed E-state index contributed by atoms with van der Waals surface area (Å²) in [5.74, 6) is 0.836. The molecule has 1 rings (SSSR count). The van der Waals surface area contributed by atoms with E-state index in [1.807, 2.05) is 6.08 Å². The molecule has 10 heavy (non-hydrogen) atoms. The molecule has 2 nitrogen and oxygen atoms in total. The molecule has 0 atom stereocenters. The minimum absolute atomic E-state index is 0.836. The van der Waals surface area contributed by atoms with E-state index < -0.39 is 0 Å². The van der Waals surface area contributed by atoms with Crippen LogP contribution in [-0.4, -0.2) is 17.7 Å². The van der Waals surface area contributed by atoms with Gasteiger partial charge >= 0.3 is 0 Å². The van der Waals surface area contributed by atoms with Crippen molar-refractivity contribution < 1.29 is 0 Å². The monoisotopic (exact) mass is 136 g/mol. The summed E-state index contributed by atoms with van der Waals surface area (Å²) in [6.45, 7) is 8.89. The lowest BCUT2D eigenvalue weighted by Crippen LogP contribution is -2.21. The number of allylic oxidation sites excluding steroid dienone is 2. The van der Waals surface area contributed by atoms with Crippen molar-refractivity contribution in [1.82, 2.24) is 4.90 Å². The fourth-order valence-corrected chi connectivity index (χ4v) is 1.03. The molecular formula is C8H12N2. The van der Waals surface area contributed by atoms with E-state index in [1.54, 1.807) is 6.21 Å². The SMILES string of the molecule is C=C1N=CC=C(C)N1CC. The Morgan fingerprint density at radius 2 is 2.40 bits per heavy atom. The Labute approximate surface area is 61.6 Å². The van der Waals surface area contributed by atoms with Crippen LogP contribution < -0.4 is 0 Å². The van der Waals surface area contributed by atoms with Gasteiger partial charge in [-0.25, -0.2) is 4.99 Å². The molecule has 2 heteroatoms. The van der Waals surface area contributed by atoms with Crippen molar-refractivity contribution in [2.75, 3.05) is 6.54 Å². The Hall–Kier alpha value is -1.05. The summed E-state index contributed by atoms with van der Waals surface area (Å²) >= 11 is 0. The summed E-state index contributed by atoms with van der Waals surface area (Å²) in [6, 6.07) is 0. The van der Waals surface area contributed by atoms with Gasteiger partial charge in [-0.1, -0.05) is 6.58 Å². The molecule has 0 N–H and O–H groups in total. The van der Waals surface area contributed by atoms with Crippen molar-refractivity contribution in [3.63, 3.8) is 0 Å². The zero-order valence-corrected chi connectivity index (χ0v) is 6.46. The Morgan fingerprint density at radius 1 is 1.70 bits per heavy atom. The van der Waals surface area contributed by atoms with Crippen molar-refractivity contribution >= 4 is 6.21 Å². The maximum atomic E-state index is 4.06. The highest BCUT2D eigenvalue weighted by molar-refractivity contribution is 5.74. The fraction of sp³-hybridized carbons (Fsp3) is 0.375. The lowest BCUT2D eigenvalue weighted by atomic mass is 10.3. The lowest BCUT2D eigenvalue weighted by Gasteiger charge is -2.24. The average molecular weight is 136 g/mol. The summed E-state index contributed by atoms with van der Waals surface area (Å²) in [5, 5.41) is 0. The molecule has 1 heterocycles. The fourth-order valence-electron chi connectivity index (χ4n) is 1.03. The molecule has 0 aromatic carbocycles. The van der Waals surface area contributed by atoms with Gasteiger partial charge in [-0.15, -0.1) is 0 Å².